The monoisotopic (exact) mass is 343 g/mol. The Balaban J connectivity index is 1.84. The highest BCUT2D eigenvalue weighted by molar-refractivity contribution is 9.10. The Hall–Kier alpha value is -2.35. The zero-order valence-electron chi connectivity index (χ0n) is 11.0. The van der Waals surface area contributed by atoms with E-state index in [4.69, 9.17) is 0 Å². The predicted molar refractivity (Wildman–Crippen MR) is 79.8 cm³/mol. The zero-order chi connectivity index (χ0) is 14.4. The summed E-state index contributed by atoms with van der Waals surface area (Å²) in [5.41, 5.74) is 3.20. The molecule has 0 saturated heterocycles. The van der Waals surface area contributed by atoms with Gasteiger partial charge in [-0.2, -0.15) is 0 Å². The van der Waals surface area contributed by atoms with Crippen molar-refractivity contribution in [1.29, 1.82) is 0 Å². The van der Waals surface area contributed by atoms with Crippen LogP contribution in [0.3, 0.4) is 0 Å². The lowest BCUT2D eigenvalue weighted by atomic mass is 10.1. The lowest BCUT2D eigenvalue weighted by molar-refractivity contribution is 0.554. The van der Waals surface area contributed by atoms with E-state index in [2.05, 4.69) is 48.1 Å². The van der Waals surface area contributed by atoms with Gasteiger partial charge in [0.05, 0.1) is 12.2 Å². The van der Waals surface area contributed by atoms with Crippen LogP contribution in [-0.2, 0) is 0 Å². The third-order valence-corrected chi connectivity index (χ3v) is 3.80. The van der Waals surface area contributed by atoms with Crippen LogP contribution in [0.15, 0.2) is 41.5 Å². The molecule has 0 unspecified atom stereocenters. The predicted octanol–water partition coefficient (Wildman–Crippen LogP) is 2.24. The highest BCUT2D eigenvalue weighted by Crippen LogP contribution is 2.21. The second-order valence-corrected chi connectivity index (χ2v) is 5.52. The molecule has 0 bridgehead atoms. The molecule has 0 saturated carbocycles. The fourth-order valence-electron chi connectivity index (χ4n) is 2.30. The van der Waals surface area contributed by atoms with Gasteiger partial charge in [0.15, 0.2) is 5.65 Å². The maximum atomic E-state index is 4.41. The number of fused-ring (bicyclic) bond motifs is 2. The Morgan fingerprint density at radius 1 is 1.24 bits per heavy atom. The van der Waals surface area contributed by atoms with E-state index in [1.54, 1.807) is 17.1 Å². The van der Waals surface area contributed by atoms with Crippen molar-refractivity contribution in [3.63, 3.8) is 0 Å². The minimum absolute atomic E-state index is 0.00889. The van der Waals surface area contributed by atoms with Crippen molar-refractivity contribution >= 4 is 32.9 Å². The number of halogens is 1. The summed E-state index contributed by atoms with van der Waals surface area (Å²) in [6, 6.07) is 4.00. The molecular formula is C13H10BrN7. The van der Waals surface area contributed by atoms with Gasteiger partial charge in [0.2, 0.25) is 5.65 Å². The Morgan fingerprint density at radius 2 is 2.14 bits per heavy atom. The number of imidazole rings is 1. The number of pyridine rings is 1. The molecule has 8 heteroatoms. The summed E-state index contributed by atoms with van der Waals surface area (Å²) in [7, 11) is 0. The first kappa shape index (κ1) is 12.4. The van der Waals surface area contributed by atoms with Crippen molar-refractivity contribution in [3.8, 4) is 0 Å². The van der Waals surface area contributed by atoms with Gasteiger partial charge >= 0.3 is 0 Å². The molecule has 0 N–H and O–H groups in total. The standard InChI is InChI=1S/C13H10BrN7/c1-8(9-2-3-11-15-4-5-20(11)7-9)21-13-12(18-19-21)16-6-10(14)17-13/h2-8H,1H3/t8-/m0/s1. The van der Waals surface area contributed by atoms with Crippen LogP contribution in [-0.4, -0.2) is 34.3 Å². The van der Waals surface area contributed by atoms with Crippen molar-refractivity contribution < 1.29 is 0 Å². The summed E-state index contributed by atoms with van der Waals surface area (Å²) >= 11 is 3.33. The minimum Gasteiger partial charge on any atom is -0.307 e. The highest BCUT2D eigenvalue weighted by atomic mass is 79.9. The van der Waals surface area contributed by atoms with E-state index in [1.807, 2.05) is 28.9 Å². The van der Waals surface area contributed by atoms with Gasteiger partial charge in [-0.1, -0.05) is 11.3 Å². The summed E-state index contributed by atoms with van der Waals surface area (Å²) in [6.07, 6.45) is 7.34. The Labute approximate surface area is 127 Å². The van der Waals surface area contributed by atoms with Crippen LogP contribution < -0.4 is 0 Å². The van der Waals surface area contributed by atoms with Crippen LogP contribution in [0.25, 0.3) is 16.9 Å². The van der Waals surface area contributed by atoms with Crippen LogP contribution in [0.4, 0.5) is 0 Å². The Morgan fingerprint density at radius 3 is 3.05 bits per heavy atom. The van der Waals surface area contributed by atoms with Crippen molar-refractivity contribution in [2.75, 3.05) is 0 Å². The van der Waals surface area contributed by atoms with Crippen molar-refractivity contribution in [2.24, 2.45) is 0 Å². The average Bonchev–Trinajstić information content (AvgIpc) is 3.11. The molecule has 1 atom stereocenters. The summed E-state index contributed by atoms with van der Waals surface area (Å²) in [6.45, 7) is 2.05. The summed E-state index contributed by atoms with van der Waals surface area (Å²) in [5.74, 6) is 0. The first-order valence-corrected chi connectivity index (χ1v) is 7.18. The Bertz CT molecular complexity index is 942. The van der Waals surface area contributed by atoms with E-state index >= 15 is 0 Å². The van der Waals surface area contributed by atoms with Gasteiger partial charge in [-0.05, 0) is 34.5 Å². The number of rotatable bonds is 2. The molecule has 21 heavy (non-hydrogen) atoms. The lowest BCUT2D eigenvalue weighted by Crippen LogP contribution is -2.10. The topological polar surface area (TPSA) is 73.8 Å². The first-order chi connectivity index (χ1) is 10.2. The van der Waals surface area contributed by atoms with Gasteiger partial charge in [-0.25, -0.2) is 19.6 Å². The van der Waals surface area contributed by atoms with Gasteiger partial charge in [0.1, 0.15) is 10.3 Å². The van der Waals surface area contributed by atoms with Gasteiger partial charge in [0, 0.05) is 18.6 Å². The normalized spacial score (nSPS) is 13.0. The van der Waals surface area contributed by atoms with Gasteiger partial charge in [-0.15, -0.1) is 5.10 Å². The second kappa shape index (κ2) is 4.59. The third-order valence-electron chi connectivity index (χ3n) is 3.42. The molecule has 0 spiro atoms. The van der Waals surface area contributed by atoms with E-state index < -0.39 is 0 Å². The molecule has 0 radical (unpaired) electrons. The van der Waals surface area contributed by atoms with Crippen LogP contribution in [0, 0.1) is 0 Å². The van der Waals surface area contributed by atoms with Crippen molar-refractivity contribution in [2.45, 2.75) is 13.0 Å². The van der Waals surface area contributed by atoms with Gasteiger partial charge < -0.3 is 4.40 Å². The molecule has 0 amide bonds. The van der Waals surface area contributed by atoms with Crippen LogP contribution in [0.2, 0.25) is 0 Å². The molecule has 4 aromatic heterocycles. The highest BCUT2D eigenvalue weighted by Gasteiger charge is 2.16. The number of aromatic nitrogens is 7. The largest absolute Gasteiger partial charge is 0.307 e. The third kappa shape index (κ3) is 1.99. The SMILES string of the molecule is C[C@@H](c1ccc2nccn2c1)n1nnc2ncc(Br)nc21. The average molecular weight is 344 g/mol. The number of nitrogens with zero attached hydrogens (tertiary/aromatic N) is 7. The van der Waals surface area contributed by atoms with Gasteiger partial charge in [0.25, 0.3) is 0 Å². The second-order valence-electron chi connectivity index (χ2n) is 4.71. The van der Waals surface area contributed by atoms with Crippen LogP contribution >= 0.6 is 15.9 Å². The summed E-state index contributed by atoms with van der Waals surface area (Å²) in [5, 5.41) is 8.23. The minimum atomic E-state index is -0.00889. The van der Waals surface area contributed by atoms with E-state index in [0.717, 1.165) is 11.2 Å². The maximum Gasteiger partial charge on any atom is 0.221 e. The zero-order valence-corrected chi connectivity index (χ0v) is 12.6. The molecule has 0 aromatic carbocycles. The fourth-order valence-corrected chi connectivity index (χ4v) is 2.57. The molecule has 4 aromatic rings. The van der Waals surface area contributed by atoms with Crippen LogP contribution in [0.1, 0.15) is 18.5 Å². The van der Waals surface area contributed by atoms with E-state index in [0.29, 0.717) is 15.9 Å². The van der Waals surface area contributed by atoms with Gasteiger partial charge in [-0.3, -0.25) is 0 Å². The first-order valence-electron chi connectivity index (χ1n) is 6.38. The summed E-state index contributed by atoms with van der Waals surface area (Å²) in [4.78, 5) is 12.9. The Kier molecular flexibility index (Phi) is 2.71. The quantitative estimate of drug-likeness (QED) is 0.558. The number of hydrogen-bond donors (Lipinski definition) is 0. The van der Waals surface area contributed by atoms with Crippen molar-refractivity contribution in [3.05, 3.63) is 47.1 Å². The molecule has 0 fully saturated rings. The lowest BCUT2D eigenvalue weighted by Gasteiger charge is -2.12. The van der Waals surface area contributed by atoms with E-state index in [1.165, 1.54) is 0 Å². The molecular weight excluding hydrogens is 334 g/mol. The van der Waals surface area contributed by atoms with Crippen LogP contribution in [0.5, 0.6) is 0 Å². The smallest absolute Gasteiger partial charge is 0.221 e. The van der Waals surface area contributed by atoms with E-state index in [-0.39, 0.29) is 6.04 Å². The number of hydrogen-bond acceptors (Lipinski definition) is 5. The summed E-state index contributed by atoms with van der Waals surface area (Å²) < 4.78 is 4.41. The maximum absolute atomic E-state index is 4.41. The fraction of sp³-hybridized carbons (Fsp3) is 0.154. The molecule has 0 aliphatic carbocycles. The molecule has 0 aliphatic heterocycles. The molecule has 104 valence electrons. The van der Waals surface area contributed by atoms with E-state index in [9.17, 15) is 0 Å². The molecule has 4 heterocycles. The molecule has 7 nitrogen and oxygen atoms in total. The molecule has 4 rings (SSSR count). The van der Waals surface area contributed by atoms with Crippen molar-refractivity contribution in [1.82, 2.24) is 34.3 Å². The molecule has 0 aliphatic rings.